The normalized spacial score (nSPS) is 14.0. The molecule has 0 amide bonds. The van der Waals surface area contributed by atoms with Gasteiger partial charge in [-0.25, -0.2) is 9.13 Å². The van der Waals surface area contributed by atoms with Crippen LogP contribution >= 0.6 is 0 Å². The number of rotatable bonds is 5. The van der Waals surface area contributed by atoms with Crippen LogP contribution in [-0.4, -0.2) is 0 Å². The fraction of sp³-hybridized carbons (Fsp3) is 0.444. The van der Waals surface area contributed by atoms with Crippen molar-refractivity contribution in [2.75, 3.05) is 0 Å². The average molecular weight is 270 g/mol. The van der Waals surface area contributed by atoms with Crippen molar-refractivity contribution < 1.29 is 9.13 Å². The fourth-order valence-electron chi connectivity index (χ4n) is 2.83. The molecule has 0 bridgehead atoms. The van der Waals surface area contributed by atoms with Crippen LogP contribution in [0.2, 0.25) is 0 Å². The van der Waals surface area contributed by atoms with Gasteiger partial charge in [0.25, 0.3) is 0 Å². The Labute approximate surface area is 122 Å². The molecule has 0 aliphatic carbocycles. The molecule has 0 aliphatic rings. The Balaban J connectivity index is 1.99. The van der Waals surface area contributed by atoms with Crippen LogP contribution in [-0.2, 0) is 0 Å². The summed E-state index contributed by atoms with van der Waals surface area (Å²) in [6.45, 7) is 8.97. The van der Waals surface area contributed by atoms with Crippen LogP contribution in [0.1, 0.15) is 50.2 Å². The molecular formula is C18H26N2+2. The third-order valence-electron chi connectivity index (χ3n) is 4.16. The molecule has 2 aromatic heterocycles. The van der Waals surface area contributed by atoms with E-state index in [1.54, 1.807) is 0 Å². The third-order valence-corrected chi connectivity index (χ3v) is 4.16. The number of aromatic nitrogens is 2. The van der Waals surface area contributed by atoms with E-state index < -0.39 is 0 Å². The standard InChI is InChI=1S/C18H26N2/c1-15-9-5-7-13-19(15)17(3)11-12-18(4)20-14-8-6-10-16(20)2/h5-10,13-14,17-18H,11-12H2,1-4H3/q+2/t17-,18+. The monoisotopic (exact) mass is 270 g/mol. The molecule has 0 saturated heterocycles. The molecule has 2 heteroatoms. The summed E-state index contributed by atoms with van der Waals surface area (Å²) in [5, 5.41) is 0. The predicted octanol–water partition coefficient (Wildman–Crippen LogP) is 3.48. The van der Waals surface area contributed by atoms with Crippen molar-refractivity contribution in [1.29, 1.82) is 0 Å². The molecule has 2 heterocycles. The van der Waals surface area contributed by atoms with Crippen molar-refractivity contribution in [3.8, 4) is 0 Å². The first-order valence-corrected chi connectivity index (χ1v) is 7.53. The van der Waals surface area contributed by atoms with Crippen molar-refractivity contribution >= 4 is 0 Å². The lowest BCUT2D eigenvalue weighted by atomic mass is 10.1. The Morgan fingerprint density at radius 3 is 1.50 bits per heavy atom. The molecule has 2 atom stereocenters. The summed E-state index contributed by atoms with van der Waals surface area (Å²) in [4.78, 5) is 0. The van der Waals surface area contributed by atoms with Crippen molar-refractivity contribution in [2.45, 2.75) is 52.6 Å². The van der Waals surface area contributed by atoms with Gasteiger partial charge in [0.2, 0.25) is 0 Å². The van der Waals surface area contributed by atoms with Crippen LogP contribution in [0, 0.1) is 13.8 Å². The van der Waals surface area contributed by atoms with E-state index in [-0.39, 0.29) is 0 Å². The molecule has 0 aliphatic heterocycles. The average Bonchev–Trinajstić information content (AvgIpc) is 2.45. The van der Waals surface area contributed by atoms with Crippen LogP contribution < -0.4 is 9.13 Å². The van der Waals surface area contributed by atoms with Crippen LogP contribution in [0.3, 0.4) is 0 Å². The number of aryl methyl sites for hydroxylation is 2. The van der Waals surface area contributed by atoms with Crippen LogP contribution in [0.5, 0.6) is 0 Å². The van der Waals surface area contributed by atoms with E-state index in [0.29, 0.717) is 12.1 Å². The lowest BCUT2D eigenvalue weighted by molar-refractivity contribution is -0.737. The first-order chi connectivity index (χ1) is 9.59. The third kappa shape index (κ3) is 3.44. The Morgan fingerprint density at radius 1 is 0.750 bits per heavy atom. The lowest BCUT2D eigenvalue weighted by Gasteiger charge is -2.12. The Morgan fingerprint density at radius 2 is 1.15 bits per heavy atom. The smallest absolute Gasteiger partial charge is 0.178 e. The maximum atomic E-state index is 2.37. The molecule has 2 nitrogen and oxygen atoms in total. The summed E-state index contributed by atoms with van der Waals surface area (Å²) < 4.78 is 4.74. The van der Waals surface area contributed by atoms with Crippen molar-refractivity contribution in [3.05, 3.63) is 60.2 Å². The molecule has 0 radical (unpaired) electrons. The van der Waals surface area contributed by atoms with Gasteiger partial charge in [-0.2, -0.15) is 0 Å². The maximum Gasteiger partial charge on any atom is 0.178 e. The minimum atomic E-state index is 0.545. The largest absolute Gasteiger partial charge is 0.200 e. The van der Waals surface area contributed by atoms with Crippen LogP contribution in [0.15, 0.2) is 48.8 Å². The summed E-state index contributed by atoms with van der Waals surface area (Å²) in [5.41, 5.74) is 2.66. The van der Waals surface area contributed by atoms with Gasteiger partial charge in [-0.3, -0.25) is 0 Å². The summed E-state index contributed by atoms with van der Waals surface area (Å²) in [6, 6.07) is 13.9. The summed E-state index contributed by atoms with van der Waals surface area (Å²) in [7, 11) is 0. The highest BCUT2D eigenvalue weighted by molar-refractivity contribution is 4.95. The quantitative estimate of drug-likeness (QED) is 0.735. The van der Waals surface area contributed by atoms with Gasteiger partial charge in [0, 0.05) is 51.0 Å². The Bertz CT molecular complexity index is 511. The molecule has 0 spiro atoms. The molecule has 2 aromatic rings. The highest BCUT2D eigenvalue weighted by Crippen LogP contribution is 2.13. The van der Waals surface area contributed by atoms with Gasteiger partial charge in [-0.1, -0.05) is 12.1 Å². The second kappa shape index (κ2) is 6.65. The molecule has 2 rings (SSSR count). The van der Waals surface area contributed by atoms with Crippen molar-refractivity contribution in [1.82, 2.24) is 0 Å². The molecule has 106 valence electrons. The zero-order valence-electron chi connectivity index (χ0n) is 13.1. The zero-order valence-corrected chi connectivity index (χ0v) is 13.1. The summed E-state index contributed by atoms with van der Waals surface area (Å²) >= 11 is 0. The van der Waals surface area contributed by atoms with E-state index in [1.807, 2.05) is 0 Å². The minimum absolute atomic E-state index is 0.545. The Hall–Kier alpha value is -1.70. The van der Waals surface area contributed by atoms with E-state index in [2.05, 4.69) is 85.6 Å². The molecular weight excluding hydrogens is 244 g/mol. The molecule has 20 heavy (non-hydrogen) atoms. The number of nitrogens with zero attached hydrogens (tertiary/aromatic N) is 2. The van der Waals surface area contributed by atoms with Gasteiger partial charge in [-0.05, 0) is 13.8 Å². The SMILES string of the molecule is Cc1cccc[n+]1[C@H](C)CC[C@H](C)[n+]1ccccc1C. The van der Waals surface area contributed by atoms with Crippen LogP contribution in [0.4, 0.5) is 0 Å². The highest BCUT2D eigenvalue weighted by atomic mass is 15.0. The highest BCUT2D eigenvalue weighted by Gasteiger charge is 2.20. The van der Waals surface area contributed by atoms with E-state index in [4.69, 9.17) is 0 Å². The first-order valence-electron chi connectivity index (χ1n) is 7.53. The molecule has 0 fully saturated rings. The maximum absolute atomic E-state index is 2.37. The molecule has 0 saturated carbocycles. The topological polar surface area (TPSA) is 7.76 Å². The van der Waals surface area contributed by atoms with E-state index in [9.17, 15) is 0 Å². The van der Waals surface area contributed by atoms with E-state index in [1.165, 1.54) is 24.2 Å². The lowest BCUT2D eigenvalue weighted by Crippen LogP contribution is -2.43. The van der Waals surface area contributed by atoms with Gasteiger partial charge >= 0.3 is 0 Å². The van der Waals surface area contributed by atoms with Gasteiger partial charge in [0.05, 0.1) is 0 Å². The molecule has 0 N–H and O–H groups in total. The van der Waals surface area contributed by atoms with Gasteiger partial charge in [0.1, 0.15) is 0 Å². The van der Waals surface area contributed by atoms with E-state index >= 15 is 0 Å². The minimum Gasteiger partial charge on any atom is -0.200 e. The predicted molar refractivity (Wildman–Crippen MR) is 81.4 cm³/mol. The van der Waals surface area contributed by atoms with Crippen molar-refractivity contribution in [3.63, 3.8) is 0 Å². The Kier molecular flexibility index (Phi) is 4.89. The first kappa shape index (κ1) is 14.7. The molecule has 0 aromatic carbocycles. The summed E-state index contributed by atoms with van der Waals surface area (Å²) in [5.74, 6) is 0. The van der Waals surface area contributed by atoms with Gasteiger partial charge in [-0.15, -0.1) is 0 Å². The van der Waals surface area contributed by atoms with Gasteiger partial charge in [0.15, 0.2) is 35.9 Å². The van der Waals surface area contributed by atoms with E-state index in [0.717, 1.165) is 0 Å². The zero-order chi connectivity index (χ0) is 14.5. The second-order valence-electron chi connectivity index (χ2n) is 5.77. The molecule has 0 unspecified atom stereocenters. The second-order valence-corrected chi connectivity index (χ2v) is 5.77. The van der Waals surface area contributed by atoms with Crippen molar-refractivity contribution in [2.24, 2.45) is 0 Å². The number of pyridine rings is 2. The fourth-order valence-corrected chi connectivity index (χ4v) is 2.83. The summed E-state index contributed by atoms with van der Waals surface area (Å²) in [6.07, 6.45) is 6.76. The van der Waals surface area contributed by atoms with Crippen LogP contribution in [0.25, 0.3) is 0 Å². The van der Waals surface area contributed by atoms with Gasteiger partial charge < -0.3 is 0 Å². The number of hydrogen-bond donors (Lipinski definition) is 0. The number of hydrogen-bond acceptors (Lipinski definition) is 0.